The summed E-state index contributed by atoms with van der Waals surface area (Å²) in [7, 11) is 0. The fourth-order valence-electron chi connectivity index (χ4n) is 3.95. The number of carbonyl (C=O) groups is 1. The third-order valence-corrected chi connectivity index (χ3v) is 5.25. The van der Waals surface area contributed by atoms with Gasteiger partial charge in [-0.25, -0.2) is 0 Å². The van der Waals surface area contributed by atoms with Crippen LogP contribution in [-0.4, -0.2) is 61.0 Å². The third-order valence-electron chi connectivity index (χ3n) is 5.25. The number of rotatable bonds is 3. The Bertz CT molecular complexity index is 314. The fraction of sp³-hybridized carbons (Fsp3) is 0.938. The van der Waals surface area contributed by atoms with Gasteiger partial charge in [0.2, 0.25) is 5.91 Å². The van der Waals surface area contributed by atoms with Crippen molar-refractivity contribution in [2.24, 2.45) is 5.92 Å². The first-order valence-electron chi connectivity index (χ1n) is 8.57. The quantitative estimate of drug-likeness (QED) is 0.849. The molecule has 0 unspecified atom stereocenters. The van der Waals surface area contributed by atoms with Crippen molar-refractivity contribution >= 4 is 5.91 Å². The maximum Gasteiger partial charge on any atom is 0.239 e. The summed E-state index contributed by atoms with van der Waals surface area (Å²) in [4.78, 5) is 17.2. The van der Waals surface area contributed by atoms with E-state index in [1.54, 1.807) is 0 Å². The summed E-state index contributed by atoms with van der Waals surface area (Å²) in [6.07, 6.45) is 8.63. The van der Waals surface area contributed by atoms with Gasteiger partial charge in [-0.1, -0.05) is 6.42 Å². The molecule has 3 rings (SSSR count). The Morgan fingerprint density at radius 2 is 1.70 bits per heavy atom. The topological polar surface area (TPSA) is 35.6 Å². The van der Waals surface area contributed by atoms with Crippen LogP contribution in [0.1, 0.15) is 44.9 Å². The van der Waals surface area contributed by atoms with Crippen LogP contribution in [0.3, 0.4) is 0 Å². The van der Waals surface area contributed by atoms with Crippen LogP contribution in [0.5, 0.6) is 0 Å². The molecular weight excluding hydrogens is 250 g/mol. The van der Waals surface area contributed by atoms with Crippen molar-refractivity contribution in [3.63, 3.8) is 0 Å². The second kappa shape index (κ2) is 6.90. The van der Waals surface area contributed by atoms with E-state index < -0.39 is 0 Å². The van der Waals surface area contributed by atoms with Gasteiger partial charge in [0.25, 0.3) is 0 Å². The van der Waals surface area contributed by atoms with Gasteiger partial charge in [-0.2, -0.15) is 0 Å². The van der Waals surface area contributed by atoms with Crippen molar-refractivity contribution in [2.45, 2.75) is 51.0 Å². The zero-order valence-electron chi connectivity index (χ0n) is 12.6. The van der Waals surface area contributed by atoms with E-state index >= 15 is 0 Å². The number of carbonyl (C=O) groups excluding carboxylic acids is 1. The molecule has 3 heterocycles. The summed E-state index contributed by atoms with van der Waals surface area (Å²) < 4.78 is 0. The van der Waals surface area contributed by atoms with Gasteiger partial charge in [-0.15, -0.1) is 0 Å². The molecule has 3 aliphatic rings. The lowest BCUT2D eigenvalue weighted by molar-refractivity contribution is -0.135. The highest BCUT2D eigenvalue weighted by molar-refractivity contribution is 5.82. The Morgan fingerprint density at radius 1 is 0.950 bits per heavy atom. The average Bonchev–Trinajstić information content (AvgIpc) is 3.01. The second-order valence-corrected chi connectivity index (χ2v) is 6.78. The first-order chi connectivity index (χ1) is 9.83. The minimum atomic E-state index is 0.110. The van der Waals surface area contributed by atoms with E-state index in [-0.39, 0.29) is 6.04 Å². The largest absolute Gasteiger partial charge is 0.341 e. The van der Waals surface area contributed by atoms with Crippen LogP contribution >= 0.6 is 0 Å². The van der Waals surface area contributed by atoms with Crippen LogP contribution < -0.4 is 5.32 Å². The highest BCUT2D eigenvalue weighted by atomic mass is 16.2. The molecule has 0 aromatic rings. The Morgan fingerprint density at radius 3 is 2.35 bits per heavy atom. The minimum Gasteiger partial charge on any atom is -0.341 e. The number of nitrogens with one attached hydrogen (secondary N) is 1. The summed E-state index contributed by atoms with van der Waals surface area (Å²) in [6.45, 7) is 6.84. The van der Waals surface area contributed by atoms with Crippen LogP contribution in [0.25, 0.3) is 0 Å². The predicted octanol–water partition coefficient (Wildman–Crippen LogP) is 1.46. The molecule has 0 bridgehead atoms. The number of hydrogen-bond acceptors (Lipinski definition) is 3. The first kappa shape index (κ1) is 14.3. The van der Waals surface area contributed by atoms with Crippen LogP contribution in [0.2, 0.25) is 0 Å². The molecule has 4 nitrogen and oxygen atoms in total. The maximum atomic E-state index is 12.5. The van der Waals surface area contributed by atoms with Crippen molar-refractivity contribution in [2.75, 3.05) is 39.3 Å². The maximum absolute atomic E-state index is 12.5. The van der Waals surface area contributed by atoms with Gasteiger partial charge in [0.15, 0.2) is 0 Å². The van der Waals surface area contributed by atoms with Crippen molar-refractivity contribution < 1.29 is 4.79 Å². The molecule has 0 saturated carbocycles. The smallest absolute Gasteiger partial charge is 0.239 e. The lowest BCUT2D eigenvalue weighted by atomic mass is 9.95. The zero-order chi connectivity index (χ0) is 13.8. The van der Waals surface area contributed by atoms with Crippen molar-refractivity contribution in [3.8, 4) is 0 Å². The van der Waals surface area contributed by atoms with Gasteiger partial charge in [0, 0.05) is 19.6 Å². The van der Waals surface area contributed by atoms with Crippen LogP contribution in [0, 0.1) is 5.92 Å². The van der Waals surface area contributed by atoms with E-state index in [2.05, 4.69) is 15.1 Å². The molecule has 0 aromatic heterocycles. The summed E-state index contributed by atoms with van der Waals surface area (Å²) >= 11 is 0. The highest BCUT2D eigenvalue weighted by Crippen LogP contribution is 2.22. The van der Waals surface area contributed by atoms with Gasteiger partial charge in [-0.3, -0.25) is 4.79 Å². The molecule has 1 N–H and O–H groups in total. The predicted molar refractivity (Wildman–Crippen MR) is 80.6 cm³/mol. The van der Waals surface area contributed by atoms with Crippen LogP contribution in [0.15, 0.2) is 0 Å². The molecule has 3 fully saturated rings. The second-order valence-electron chi connectivity index (χ2n) is 6.78. The molecule has 20 heavy (non-hydrogen) atoms. The standard InChI is InChI=1S/C16H29N3O/c20-16(15-5-1-2-8-17-15)19-11-6-14(7-12-19)13-18-9-3-4-10-18/h14-15,17H,1-13H2/t15-/m0/s1. The van der Waals surface area contributed by atoms with E-state index in [4.69, 9.17) is 0 Å². The van der Waals surface area contributed by atoms with Crippen molar-refractivity contribution in [1.82, 2.24) is 15.1 Å². The Kier molecular flexibility index (Phi) is 4.94. The monoisotopic (exact) mass is 279 g/mol. The lowest BCUT2D eigenvalue weighted by Gasteiger charge is -2.36. The Labute approximate surface area is 122 Å². The molecule has 4 heteroatoms. The van der Waals surface area contributed by atoms with Gasteiger partial charge >= 0.3 is 0 Å². The number of nitrogens with zero attached hydrogens (tertiary/aromatic N) is 2. The van der Waals surface area contributed by atoms with E-state index in [1.165, 1.54) is 58.2 Å². The molecule has 114 valence electrons. The zero-order valence-corrected chi connectivity index (χ0v) is 12.6. The molecule has 3 saturated heterocycles. The molecular formula is C16H29N3O. The fourth-order valence-corrected chi connectivity index (χ4v) is 3.95. The van der Waals surface area contributed by atoms with Gasteiger partial charge in [0.05, 0.1) is 6.04 Å². The molecule has 1 atom stereocenters. The van der Waals surface area contributed by atoms with E-state index in [1.807, 2.05) is 0 Å². The Hall–Kier alpha value is -0.610. The van der Waals surface area contributed by atoms with Gasteiger partial charge in [-0.05, 0) is 64.1 Å². The lowest BCUT2D eigenvalue weighted by Crippen LogP contribution is -2.51. The summed E-state index contributed by atoms with van der Waals surface area (Å²) in [5.74, 6) is 1.18. The molecule has 3 aliphatic heterocycles. The van der Waals surface area contributed by atoms with Crippen LogP contribution in [-0.2, 0) is 4.79 Å². The molecule has 1 amide bonds. The van der Waals surface area contributed by atoms with E-state index in [0.717, 1.165) is 32.0 Å². The number of likely N-dealkylation sites (tertiary alicyclic amines) is 2. The normalized spacial score (nSPS) is 29.8. The number of hydrogen-bond donors (Lipinski definition) is 1. The highest BCUT2D eigenvalue weighted by Gasteiger charge is 2.29. The number of amides is 1. The number of piperidine rings is 2. The third kappa shape index (κ3) is 3.53. The van der Waals surface area contributed by atoms with Gasteiger partial charge < -0.3 is 15.1 Å². The first-order valence-corrected chi connectivity index (χ1v) is 8.57. The van der Waals surface area contributed by atoms with Crippen LogP contribution in [0.4, 0.5) is 0 Å². The molecule has 0 aliphatic carbocycles. The van der Waals surface area contributed by atoms with Crippen molar-refractivity contribution in [1.29, 1.82) is 0 Å². The van der Waals surface area contributed by atoms with Crippen molar-refractivity contribution in [3.05, 3.63) is 0 Å². The van der Waals surface area contributed by atoms with Gasteiger partial charge in [0.1, 0.15) is 0 Å². The SMILES string of the molecule is O=C([C@@H]1CCCCN1)N1CCC(CN2CCCC2)CC1. The average molecular weight is 279 g/mol. The summed E-state index contributed by atoms with van der Waals surface area (Å²) in [5, 5.41) is 3.39. The molecule has 0 aromatic carbocycles. The van der Waals surface area contributed by atoms with E-state index in [9.17, 15) is 4.79 Å². The van der Waals surface area contributed by atoms with E-state index in [0.29, 0.717) is 5.91 Å². The Balaban J connectivity index is 1.41. The molecule has 0 radical (unpaired) electrons. The summed E-state index contributed by atoms with van der Waals surface area (Å²) in [5.41, 5.74) is 0. The minimum absolute atomic E-state index is 0.110. The molecule has 0 spiro atoms. The summed E-state index contributed by atoms with van der Waals surface area (Å²) in [6, 6.07) is 0.110.